The SMILES string of the molecule is Cc1cc(C)cc(NC(=O)C(=O)NCCc2ccc(S(=O)(=O)N3CCCC3)cc2)c1. The first-order valence-electron chi connectivity index (χ1n) is 10.0. The minimum atomic E-state index is -3.43. The number of rotatable bonds is 6. The van der Waals surface area contributed by atoms with Gasteiger partial charge in [0.25, 0.3) is 0 Å². The lowest BCUT2D eigenvalue weighted by atomic mass is 10.1. The first-order chi connectivity index (χ1) is 14.3. The Labute approximate surface area is 177 Å². The van der Waals surface area contributed by atoms with Gasteiger partial charge >= 0.3 is 11.8 Å². The average Bonchev–Trinajstić information content (AvgIpc) is 3.23. The number of benzene rings is 2. The third kappa shape index (κ3) is 5.46. The molecule has 0 radical (unpaired) electrons. The van der Waals surface area contributed by atoms with Crippen LogP contribution in [-0.2, 0) is 26.0 Å². The maximum atomic E-state index is 12.5. The van der Waals surface area contributed by atoms with Gasteiger partial charge < -0.3 is 10.6 Å². The summed E-state index contributed by atoms with van der Waals surface area (Å²) >= 11 is 0. The molecule has 30 heavy (non-hydrogen) atoms. The van der Waals surface area contributed by atoms with Gasteiger partial charge in [0.2, 0.25) is 10.0 Å². The Balaban J connectivity index is 1.49. The predicted molar refractivity (Wildman–Crippen MR) is 116 cm³/mol. The third-order valence-electron chi connectivity index (χ3n) is 5.01. The average molecular weight is 430 g/mol. The van der Waals surface area contributed by atoms with Crippen LogP contribution in [0.15, 0.2) is 47.4 Å². The number of aryl methyl sites for hydroxylation is 2. The molecule has 1 saturated heterocycles. The summed E-state index contributed by atoms with van der Waals surface area (Å²) < 4.78 is 26.6. The second-order valence-corrected chi connectivity index (χ2v) is 9.53. The van der Waals surface area contributed by atoms with Crippen LogP contribution < -0.4 is 10.6 Å². The second-order valence-electron chi connectivity index (χ2n) is 7.59. The van der Waals surface area contributed by atoms with Gasteiger partial charge in [0.05, 0.1) is 4.90 Å². The van der Waals surface area contributed by atoms with Gasteiger partial charge in [0, 0.05) is 25.3 Å². The van der Waals surface area contributed by atoms with Crippen LogP contribution in [0.1, 0.15) is 29.5 Å². The smallest absolute Gasteiger partial charge is 0.313 e. The van der Waals surface area contributed by atoms with Crippen LogP contribution in [0.25, 0.3) is 0 Å². The summed E-state index contributed by atoms with van der Waals surface area (Å²) in [6, 6.07) is 12.3. The largest absolute Gasteiger partial charge is 0.347 e. The number of sulfonamides is 1. The van der Waals surface area contributed by atoms with Crippen molar-refractivity contribution in [3.63, 3.8) is 0 Å². The predicted octanol–water partition coefficient (Wildman–Crippen LogP) is 2.39. The highest BCUT2D eigenvalue weighted by molar-refractivity contribution is 7.89. The molecule has 3 rings (SSSR count). The van der Waals surface area contributed by atoms with E-state index in [4.69, 9.17) is 0 Å². The van der Waals surface area contributed by atoms with E-state index in [2.05, 4.69) is 10.6 Å². The number of carbonyl (C=O) groups is 2. The Bertz CT molecular complexity index is 1010. The van der Waals surface area contributed by atoms with Crippen molar-refractivity contribution in [3.05, 3.63) is 59.2 Å². The highest BCUT2D eigenvalue weighted by Gasteiger charge is 2.26. The minimum Gasteiger partial charge on any atom is -0.347 e. The summed E-state index contributed by atoms with van der Waals surface area (Å²) in [7, 11) is -3.43. The van der Waals surface area contributed by atoms with Crippen LogP contribution in [-0.4, -0.2) is 44.2 Å². The molecule has 0 bridgehead atoms. The molecule has 1 aliphatic heterocycles. The molecule has 2 N–H and O–H groups in total. The Morgan fingerprint density at radius 3 is 2.13 bits per heavy atom. The van der Waals surface area contributed by atoms with E-state index in [1.165, 1.54) is 4.31 Å². The van der Waals surface area contributed by atoms with E-state index >= 15 is 0 Å². The maximum absolute atomic E-state index is 12.5. The summed E-state index contributed by atoms with van der Waals surface area (Å²) in [5, 5.41) is 5.19. The number of anilines is 1. The van der Waals surface area contributed by atoms with Gasteiger partial charge in [-0.2, -0.15) is 4.31 Å². The van der Waals surface area contributed by atoms with Crippen molar-refractivity contribution in [2.24, 2.45) is 0 Å². The summed E-state index contributed by atoms with van der Waals surface area (Å²) in [5.41, 5.74) is 3.47. The monoisotopic (exact) mass is 429 g/mol. The van der Waals surface area contributed by atoms with E-state index in [0.717, 1.165) is 29.5 Å². The fraction of sp³-hybridized carbons (Fsp3) is 0.364. The van der Waals surface area contributed by atoms with E-state index in [1.807, 2.05) is 19.9 Å². The number of carbonyl (C=O) groups excluding carboxylic acids is 2. The highest BCUT2D eigenvalue weighted by atomic mass is 32.2. The molecule has 2 aromatic rings. The van der Waals surface area contributed by atoms with Crippen LogP contribution in [0.5, 0.6) is 0 Å². The number of nitrogens with one attached hydrogen (secondary N) is 2. The van der Waals surface area contributed by atoms with Crippen LogP contribution in [0, 0.1) is 13.8 Å². The molecule has 0 aliphatic carbocycles. The molecule has 8 heteroatoms. The van der Waals surface area contributed by atoms with Gasteiger partial charge in [-0.3, -0.25) is 9.59 Å². The van der Waals surface area contributed by atoms with Gasteiger partial charge in [-0.1, -0.05) is 18.2 Å². The minimum absolute atomic E-state index is 0.275. The number of hydrogen-bond donors (Lipinski definition) is 2. The Kier molecular flexibility index (Phi) is 6.89. The zero-order valence-electron chi connectivity index (χ0n) is 17.3. The molecule has 2 amide bonds. The molecule has 1 heterocycles. The molecule has 1 fully saturated rings. The van der Waals surface area contributed by atoms with E-state index < -0.39 is 21.8 Å². The van der Waals surface area contributed by atoms with Crippen molar-refractivity contribution in [2.75, 3.05) is 25.0 Å². The standard InChI is InChI=1S/C22H27N3O4S/c1-16-13-17(2)15-19(14-16)24-22(27)21(26)23-10-9-18-5-7-20(8-6-18)30(28,29)25-11-3-4-12-25/h5-8,13-15H,3-4,9-12H2,1-2H3,(H,23,26)(H,24,27). The summed E-state index contributed by atoms with van der Waals surface area (Å²) in [6.07, 6.45) is 2.29. The Morgan fingerprint density at radius 1 is 0.933 bits per heavy atom. The number of nitrogens with zero attached hydrogens (tertiary/aromatic N) is 1. The Hall–Kier alpha value is -2.71. The molecule has 0 unspecified atom stereocenters. The molecule has 0 saturated carbocycles. The topological polar surface area (TPSA) is 95.6 Å². The first-order valence-corrected chi connectivity index (χ1v) is 11.5. The quantitative estimate of drug-likeness (QED) is 0.689. The van der Waals surface area contributed by atoms with Crippen molar-refractivity contribution in [3.8, 4) is 0 Å². The van der Waals surface area contributed by atoms with Gasteiger partial charge in [-0.05, 0) is 74.1 Å². The number of hydrogen-bond acceptors (Lipinski definition) is 4. The van der Waals surface area contributed by atoms with Crippen molar-refractivity contribution in [2.45, 2.75) is 38.0 Å². The molecule has 1 aliphatic rings. The lowest BCUT2D eigenvalue weighted by Gasteiger charge is -2.15. The first kappa shape index (κ1) is 22.0. The molecule has 160 valence electrons. The fourth-order valence-corrected chi connectivity index (χ4v) is 5.06. The maximum Gasteiger partial charge on any atom is 0.313 e. The van der Waals surface area contributed by atoms with E-state index in [1.54, 1.807) is 36.4 Å². The van der Waals surface area contributed by atoms with E-state index in [0.29, 0.717) is 25.2 Å². The summed E-state index contributed by atoms with van der Waals surface area (Å²) in [6.45, 7) is 5.26. The molecular formula is C22H27N3O4S. The second kappa shape index (κ2) is 9.40. The Morgan fingerprint density at radius 2 is 1.53 bits per heavy atom. The molecule has 0 spiro atoms. The molecule has 0 atom stereocenters. The van der Waals surface area contributed by atoms with Crippen LogP contribution in [0.3, 0.4) is 0 Å². The highest BCUT2D eigenvalue weighted by Crippen LogP contribution is 2.21. The molecule has 7 nitrogen and oxygen atoms in total. The normalized spacial score (nSPS) is 14.5. The molecular weight excluding hydrogens is 402 g/mol. The molecule has 2 aromatic carbocycles. The van der Waals surface area contributed by atoms with E-state index in [-0.39, 0.29) is 11.4 Å². The van der Waals surface area contributed by atoms with Crippen LogP contribution in [0.2, 0.25) is 0 Å². The van der Waals surface area contributed by atoms with Gasteiger partial charge in [0.15, 0.2) is 0 Å². The van der Waals surface area contributed by atoms with Gasteiger partial charge in [0.1, 0.15) is 0 Å². The lowest BCUT2D eigenvalue weighted by Crippen LogP contribution is -2.36. The molecule has 0 aromatic heterocycles. The number of amides is 2. The van der Waals surface area contributed by atoms with Crippen molar-refractivity contribution < 1.29 is 18.0 Å². The van der Waals surface area contributed by atoms with Gasteiger partial charge in [-0.25, -0.2) is 8.42 Å². The van der Waals surface area contributed by atoms with Crippen LogP contribution in [0.4, 0.5) is 5.69 Å². The van der Waals surface area contributed by atoms with Crippen molar-refractivity contribution in [1.82, 2.24) is 9.62 Å². The third-order valence-corrected chi connectivity index (χ3v) is 6.92. The fourth-order valence-electron chi connectivity index (χ4n) is 3.54. The van der Waals surface area contributed by atoms with Crippen molar-refractivity contribution >= 4 is 27.5 Å². The van der Waals surface area contributed by atoms with E-state index in [9.17, 15) is 18.0 Å². The van der Waals surface area contributed by atoms with Crippen molar-refractivity contribution in [1.29, 1.82) is 0 Å². The van der Waals surface area contributed by atoms with Gasteiger partial charge in [-0.15, -0.1) is 0 Å². The van der Waals surface area contributed by atoms with Crippen LogP contribution >= 0.6 is 0 Å². The lowest BCUT2D eigenvalue weighted by molar-refractivity contribution is -0.136. The zero-order chi connectivity index (χ0) is 21.7. The summed E-state index contributed by atoms with van der Waals surface area (Å²) in [4.78, 5) is 24.4. The summed E-state index contributed by atoms with van der Waals surface area (Å²) in [5.74, 6) is -1.42. The zero-order valence-corrected chi connectivity index (χ0v) is 18.1.